The first-order valence-electron chi connectivity index (χ1n) is 14.6. The summed E-state index contributed by atoms with van der Waals surface area (Å²) in [7, 11) is 0. The maximum atomic E-state index is 13.8. The van der Waals surface area contributed by atoms with Crippen LogP contribution in [-0.4, -0.2) is 29.4 Å². The molecule has 0 bridgehead atoms. The number of imide groups is 1. The molecule has 1 aliphatic carbocycles. The first-order valence-corrected chi connectivity index (χ1v) is 15.5. The van der Waals surface area contributed by atoms with Crippen molar-refractivity contribution < 1.29 is 19.1 Å². The van der Waals surface area contributed by atoms with Gasteiger partial charge in [-0.2, -0.15) is 0 Å². The number of amides is 2. The van der Waals surface area contributed by atoms with Crippen molar-refractivity contribution in [1.29, 1.82) is 0 Å². The molecule has 2 aromatic heterocycles. The molecule has 0 spiro atoms. The van der Waals surface area contributed by atoms with Crippen LogP contribution >= 0.6 is 11.3 Å². The van der Waals surface area contributed by atoms with Gasteiger partial charge >= 0.3 is 5.97 Å². The summed E-state index contributed by atoms with van der Waals surface area (Å²) >= 11 is 1.66. The molecular formula is C36H38N2O4S. The Kier molecular flexibility index (Phi) is 8.39. The van der Waals surface area contributed by atoms with E-state index in [4.69, 9.17) is 9.72 Å². The molecule has 7 heteroatoms. The summed E-state index contributed by atoms with van der Waals surface area (Å²) in [5.74, 6) is -1.55. The van der Waals surface area contributed by atoms with Crippen molar-refractivity contribution in [1.82, 2.24) is 10.3 Å². The van der Waals surface area contributed by atoms with Gasteiger partial charge in [0, 0.05) is 15.8 Å². The number of carbonyl (C=O) groups excluding carboxylic acids is 3. The second-order valence-electron chi connectivity index (χ2n) is 13.3. The fraction of sp³-hybridized carbons (Fsp3) is 0.333. The number of benzene rings is 2. The number of carbonyl (C=O) groups is 3. The number of nitrogens with zero attached hydrogens (tertiary/aromatic N) is 1. The normalized spacial score (nSPS) is 16.1. The number of ether oxygens (including phenoxy) is 1. The van der Waals surface area contributed by atoms with E-state index in [0.29, 0.717) is 28.5 Å². The summed E-state index contributed by atoms with van der Waals surface area (Å²) in [5.41, 5.74) is 5.24. The number of rotatable bonds is 5. The van der Waals surface area contributed by atoms with Crippen molar-refractivity contribution in [3.63, 3.8) is 0 Å². The first-order chi connectivity index (χ1) is 20.3. The van der Waals surface area contributed by atoms with Crippen molar-refractivity contribution in [2.24, 2.45) is 11.3 Å². The third-order valence-electron chi connectivity index (χ3n) is 8.10. The molecule has 1 unspecified atom stereocenters. The van der Waals surface area contributed by atoms with Crippen LogP contribution in [0, 0.1) is 11.3 Å². The zero-order valence-electron chi connectivity index (χ0n) is 25.6. The number of fused-ring (bicyclic) bond motifs is 2. The Morgan fingerprint density at radius 3 is 2.33 bits per heavy atom. The number of hydrogen-bond donors (Lipinski definition) is 1. The molecule has 0 aliphatic heterocycles. The Balaban J connectivity index is 1.42. The number of para-hydroxylation sites is 1. The SMILES string of the molecule is CC(C)(C)c1ccc(C(=O)NC(=O)COC(=O)c2c3c(nc4ccccc24)/C(=C/c2cccs2)CC(C(C)(C)C)C3)cc1. The van der Waals surface area contributed by atoms with Gasteiger partial charge in [0.1, 0.15) is 0 Å². The van der Waals surface area contributed by atoms with Crippen molar-refractivity contribution >= 4 is 51.7 Å². The summed E-state index contributed by atoms with van der Waals surface area (Å²) in [5, 5.41) is 5.08. The molecule has 43 heavy (non-hydrogen) atoms. The molecule has 0 radical (unpaired) electrons. The Bertz CT molecular complexity index is 1710. The van der Waals surface area contributed by atoms with Gasteiger partial charge in [-0.15, -0.1) is 11.3 Å². The monoisotopic (exact) mass is 594 g/mol. The third-order valence-corrected chi connectivity index (χ3v) is 8.92. The highest BCUT2D eigenvalue weighted by Crippen LogP contribution is 2.45. The Hall–Kier alpha value is -4.10. The standard InChI is InChI=1S/C36H38N2O4S/c1-35(2,3)24-15-13-22(14-16-24)33(40)38-30(39)21-42-34(41)31-27-11-7-8-12-29(27)37-32-23(19-26-10-9-17-43-26)18-25(20-28(31)32)36(4,5)6/h7-17,19,25H,18,20-21H2,1-6H3,(H,38,39,40)/b23-19+. The summed E-state index contributed by atoms with van der Waals surface area (Å²) < 4.78 is 5.58. The first kappa shape index (κ1) is 30.4. The maximum absolute atomic E-state index is 13.8. The molecule has 2 aromatic carbocycles. The van der Waals surface area contributed by atoms with Crippen LogP contribution in [0.3, 0.4) is 0 Å². The van der Waals surface area contributed by atoms with Gasteiger partial charge in [0.15, 0.2) is 6.61 Å². The summed E-state index contributed by atoms with van der Waals surface area (Å²) in [6.07, 6.45) is 3.68. The molecule has 0 saturated heterocycles. The van der Waals surface area contributed by atoms with Crippen LogP contribution in [0.5, 0.6) is 0 Å². The van der Waals surface area contributed by atoms with Gasteiger partial charge in [-0.1, -0.05) is 77.9 Å². The topological polar surface area (TPSA) is 85.4 Å². The average molecular weight is 595 g/mol. The summed E-state index contributed by atoms with van der Waals surface area (Å²) in [4.78, 5) is 45.4. The lowest BCUT2D eigenvalue weighted by atomic mass is 9.69. The van der Waals surface area contributed by atoms with Gasteiger partial charge in [0.05, 0.1) is 16.8 Å². The highest BCUT2D eigenvalue weighted by Gasteiger charge is 2.35. The highest BCUT2D eigenvalue weighted by atomic mass is 32.1. The van der Waals surface area contributed by atoms with E-state index in [1.807, 2.05) is 47.8 Å². The largest absolute Gasteiger partial charge is 0.452 e. The van der Waals surface area contributed by atoms with Gasteiger partial charge in [-0.3, -0.25) is 14.9 Å². The molecule has 2 amide bonds. The van der Waals surface area contributed by atoms with E-state index in [2.05, 4.69) is 59.0 Å². The van der Waals surface area contributed by atoms with Gasteiger partial charge < -0.3 is 4.74 Å². The molecule has 1 aliphatic rings. The zero-order valence-corrected chi connectivity index (χ0v) is 26.4. The minimum atomic E-state index is -0.684. The lowest BCUT2D eigenvalue weighted by Gasteiger charge is -2.36. The Labute approximate surface area is 257 Å². The molecule has 1 atom stereocenters. The van der Waals surface area contributed by atoms with Crippen LogP contribution in [0.1, 0.15) is 90.4 Å². The molecular weight excluding hydrogens is 556 g/mol. The Morgan fingerprint density at radius 2 is 1.67 bits per heavy atom. The number of aromatic nitrogens is 1. The quantitative estimate of drug-likeness (QED) is 0.238. The molecule has 2 heterocycles. The van der Waals surface area contributed by atoms with Crippen LogP contribution < -0.4 is 5.32 Å². The fourth-order valence-corrected chi connectivity index (χ4v) is 6.16. The second kappa shape index (κ2) is 11.9. The van der Waals surface area contributed by atoms with E-state index in [-0.39, 0.29) is 16.7 Å². The molecule has 5 rings (SSSR count). The van der Waals surface area contributed by atoms with E-state index in [1.54, 1.807) is 23.5 Å². The predicted octanol–water partition coefficient (Wildman–Crippen LogP) is 7.86. The molecule has 222 valence electrons. The van der Waals surface area contributed by atoms with E-state index < -0.39 is 24.4 Å². The summed E-state index contributed by atoms with van der Waals surface area (Å²) in [6, 6.07) is 18.8. The minimum absolute atomic E-state index is 0.00954. The number of esters is 1. The minimum Gasteiger partial charge on any atom is -0.452 e. The zero-order chi connectivity index (χ0) is 30.9. The average Bonchev–Trinajstić information content (AvgIpc) is 3.47. The van der Waals surface area contributed by atoms with Crippen molar-refractivity contribution in [2.75, 3.05) is 6.61 Å². The van der Waals surface area contributed by atoms with E-state index in [9.17, 15) is 14.4 Å². The molecule has 6 nitrogen and oxygen atoms in total. The number of allylic oxidation sites excluding steroid dienone is 1. The molecule has 0 fully saturated rings. The molecule has 0 saturated carbocycles. The fourth-order valence-electron chi connectivity index (χ4n) is 5.47. The van der Waals surface area contributed by atoms with Gasteiger partial charge in [-0.25, -0.2) is 9.78 Å². The predicted molar refractivity (Wildman–Crippen MR) is 173 cm³/mol. The number of pyridine rings is 1. The number of hydrogen-bond acceptors (Lipinski definition) is 6. The van der Waals surface area contributed by atoms with Crippen LogP contribution in [0.15, 0.2) is 66.0 Å². The molecule has 1 N–H and O–H groups in total. The van der Waals surface area contributed by atoms with Crippen LogP contribution in [0.2, 0.25) is 0 Å². The van der Waals surface area contributed by atoms with Gasteiger partial charge in [0.25, 0.3) is 11.8 Å². The van der Waals surface area contributed by atoms with Crippen LogP contribution in [0.4, 0.5) is 0 Å². The smallest absolute Gasteiger partial charge is 0.339 e. The highest BCUT2D eigenvalue weighted by molar-refractivity contribution is 7.10. The van der Waals surface area contributed by atoms with Gasteiger partial charge in [0.2, 0.25) is 0 Å². The van der Waals surface area contributed by atoms with Crippen LogP contribution in [-0.2, 0) is 21.4 Å². The maximum Gasteiger partial charge on any atom is 0.339 e. The number of thiophene rings is 1. The van der Waals surface area contributed by atoms with Crippen molar-refractivity contribution in [3.8, 4) is 0 Å². The van der Waals surface area contributed by atoms with Crippen molar-refractivity contribution in [3.05, 3.63) is 98.9 Å². The lowest BCUT2D eigenvalue weighted by Crippen LogP contribution is -2.34. The number of nitrogens with one attached hydrogen (secondary N) is 1. The van der Waals surface area contributed by atoms with E-state index in [1.165, 1.54) is 0 Å². The van der Waals surface area contributed by atoms with E-state index in [0.717, 1.165) is 33.7 Å². The van der Waals surface area contributed by atoms with E-state index >= 15 is 0 Å². The summed E-state index contributed by atoms with van der Waals surface area (Å²) in [6.45, 7) is 12.4. The third kappa shape index (κ3) is 6.78. The van der Waals surface area contributed by atoms with Crippen molar-refractivity contribution in [2.45, 2.75) is 59.8 Å². The molecule has 4 aromatic rings. The Morgan fingerprint density at radius 1 is 0.953 bits per heavy atom. The second-order valence-corrected chi connectivity index (χ2v) is 14.2. The van der Waals surface area contributed by atoms with Crippen LogP contribution in [0.25, 0.3) is 22.6 Å². The van der Waals surface area contributed by atoms with Gasteiger partial charge in [-0.05, 0) is 82.0 Å². The lowest BCUT2D eigenvalue weighted by molar-refractivity contribution is -0.123.